The molecule has 0 amide bonds. The van der Waals surface area contributed by atoms with Gasteiger partial charge in [-0.3, -0.25) is 0 Å². The Bertz CT molecular complexity index is 510. The molecular weight excluding hydrogens is 262 g/mol. The summed E-state index contributed by atoms with van der Waals surface area (Å²) in [4.78, 5) is 1.27. The van der Waals surface area contributed by atoms with Gasteiger partial charge in [-0.15, -0.1) is 11.8 Å². The minimum atomic E-state index is 0.134. The monoisotopic (exact) mass is 277 g/mol. The molecule has 1 atom stereocenters. The van der Waals surface area contributed by atoms with Crippen LogP contribution in [0.4, 0.5) is 0 Å². The standard InChI is InChI=1S/C15H16ClNS/c1-17-15(13-5-3-4-6-14(13)16)11-7-9-12(18-2)10-8-11/h3-10,15,17H,1-2H3. The second kappa shape index (κ2) is 6.28. The third kappa shape index (κ3) is 2.89. The Morgan fingerprint density at radius 1 is 1.06 bits per heavy atom. The fourth-order valence-corrected chi connectivity index (χ4v) is 2.66. The topological polar surface area (TPSA) is 12.0 Å². The first-order valence-electron chi connectivity index (χ1n) is 5.82. The van der Waals surface area contributed by atoms with E-state index in [1.807, 2.05) is 25.2 Å². The number of halogens is 1. The molecule has 2 aromatic rings. The molecule has 0 saturated carbocycles. The Balaban J connectivity index is 2.36. The Morgan fingerprint density at radius 2 is 1.72 bits per heavy atom. The largest absolute Gasteiger partial charge is 0.309 e. The number of benzene rings is 2. The van der Waals surface area contributed by atoms with Crippen molar-refractivity contribution in [3.8, 4) is 0 Å². The Labute approximate surface area is 118 Å². The third-order valence-corrected chi connectivity index (χ3v) is 4.04. The molecule has 0 spiro atoms. The van der Waals surface area contributed by atoms with Crippen molar-refractivity contribution in [1.29, 1.82) is 0 Å². The number of rotatable bonds is 4. The van der Waals surface area contributed by atoms with Gasteiger partial charge in [0.1, 0.15) is 0 Å². The summed E-state index contributed by atoms with van der Waals surface area (Å²) in [6.07, 6.45) is 2.08. The molecule has 0 aliphatic carbocycles. The van der Waals surface area contributed by atoms with E-state index in [4.69, 9.17) is 11.6 Å². The molecule has 0 aromatic heterocycles. The molecule has 94 valence electrons. The van der Waals surface area contributed by atoms with Crippen molar-refractivity contribution in [2.45, 2.75) is 10.9 Å². The predicted molar refractivity (Wildman–Crippen MR) is 80.6 cm³/mol. The maximum absolute atomic E-state index is 6.26. The maximum Gasteiger partial charge on any atom is 0.0589 e. The summed E-state index contributed by atoms with van der Waals surface area (Å²) >= 11 is 8.01. The minimum absolute atomic E-state index is 0.134. The minimum Gasteiger partial charge on any atom is -0.309 e. The van der Waals surface area contributed by atoms with E-state index < -0.39 is 0 Å². The number of hydrogen-bond acceptors (Lipinski definition) is 2. The van der Waals surface area contributed by atoms with Crippen molar-refractivity contribution in [2.24, 2.45) is 0 Å². The molecule has 1 N–H and O–H groups in total. The second-order valence-corrected chi connectivity index (χ2v) is 5.30. The van der Waals surface area contributed by atoms with Crippen LogP contribution in [0.15, 0.2) is 53.4 Å². The van der Waals surface area contributed by atoms with Crippen molar-refractivity contribution in [3.63, 3.8) is 0 Å². The maximum atomic E-state index is 6.26. The van der Waals surface area contributed by atoms with Crippen LogP contribution in [0.25, 0.3) is 0 Å². The lowest BCUT2D eigenvalue weighted by Gasteiger charge is -2.18. The molecule has 2 aromatic carbocycles. The quantitative estimate of drug-likeness (QED) is 0.833. The van der Waals surface area contributed by atoms with Crippen LogP contribution in [0.3, 0.4) is 0 Å². The first kappa shape index (κ1) is 13.5. The van der Waals surface area contributed by atoms with Gasteiger partial charge >= 0.3 is 0 Å². The molecule has 0 fully saturated rings. The first-order valence-corrected chi connectivity index (χ1v) is 7.42. The summed E-state index contributed by atoms with van der Waals surface area (Å²) in [7, 11) is 1.95. The lowest BCUT2D eigenvalue weighted by Crippen LogP contribution is -2.17. The second-order valence-electron chi connectivity index (χ2n) is 4.02. The summed E-state index contributed by atoms with van der Waals surface area (Å²) in [5, 5.41) is 4.12. The fourth-order valence-electron chi connectivity index (χ4n) is 2.01. The highest BCUT2D eigenvalue weighted by molar-refractivity contribution is 7.98. The van der Waals surface area contributed by atoms with Crippen LogP contribution in [0.5, 0.6) is 0 Å². The van der Waals surface area contributed by atoms with E-state index in [0.29, 0.717) is 0 Å². The molecule has 1 unspecified atom stereocenters. The molecule has 0 heterocycles. The van der Waals surface area contributed by atoms with E-state index >= 15 is 0 Å². The molecule has 0 radical (unpaired) electrons. The van der Waals surface area contributed by atoms with Crippen LogP contribution in [-0.2, 0) is 0 Å². The SMILES string of the molecule is CNC(c1ccc(SC)cc1)c1ccccc1Cl. The normalized spacial score (nSPS) is 12.4. The molecule has 0 aliphatic heterocycles. The van der Waals surface area contributed by atoms with E-state index in [9.17, 15) is 0 Å². The van der Waals surface area contributed by atoms with Gasteiger partial charge in [-0.05, 0) is 42.6 Å². The first-order chi connectivity index (χ1) is 8.76. The van der Waals surface area contributed by atoms with Gasteiger partial charge in [-0.2, -0.15) is 0 Å². The molecule has 2 rings (SSSR count). The zero-order chi connectivity index (χ0) is 13.0. The fraction of sp³-hybridized carbons (Fsp3) is 0.200. The molecule has 18 heavy (non-hydrogen) atoms. The van der Waals surface area contributed by atoms with Crippen molar-refractivity contribution in [3.05, 3.63) is 64.7 Å². The van der Waals surface area contributed by atoms with Crippen LogP contribution in [0.1, 0.15) is 17.2 Å². The summed E-state index contributed by atoms with van der Waals surface area (Å²) in [5.41, 5.74) is 2.34. The van der Waals surface area contributed by atoms with Gasteiger partial charge in [0.05, 0.1) is 6.04 Å². The van der Waals surface area contributed by atoms with E-state index in [1.165, 1.54) is 10.5 Å². The third-order valence-electron chi connectivity index (χ3n) is 2.95. The van der Waals surface area contributed by atoms with Crippen molar-refractivity contribution >= 4 is 23.4 Å². The molecule has 1 nitrogen and oxygen atoms in total. The molecule has 0 saturated heterocycles. The van der Waals surface area contributed by atoms with Gasteiger partial charge in [0, 0.05) is 9.92 Å². The molecule has 3 heteroatoms. The van der Waals surface area contributed by atoms with Gasteiger partial charge in [0.2, 0.25) is 0 Å². The predicted octanol–water partition coefficient (Wildman–Crippen LogP) is 4.37. The molecular formula is C15H16ClNS. The lowest BCUT2D eigenvalue weighted by molar-refractivity contribution is 0.691. The van der Waals surface area contributed by atoms with Gasteiger partial charge < -0.3 is 5.32 Å². The van der Waals surface area contributed by atoms with Crippen LogP contribution >= 0.6 is 23.4 Å². The van der Waals surface area contributed by atoms with Crippen LogP contribution in [-0.4, -0.2) is 13.3 Å². The van der Waals surface area contributed by atoms with Gasteiger partial charge in [-0.1, -0.05) is 41.9 Å². The van der Waals surface area contributed by atoms with E-state index in [-0.39, 0.29) is 6.04 Å². The van der Waals surface area contributed by atoms with Crippen LogP contribution in [0.2, 0.25) is 5.02 Å². The average molecular weight is 278 g/mol. The number of hydrogen-bond donors (Lipinski definition) is 1. The zero-order valence-corrected chi connectivity index (χ0v) is 12.1. The molecule has 0 bridgehead atoms. The lowest BCUT2D eigenvalue weighted by atomic mass is 9.99. The smallest absolute Gasteiger partial charge is 0.0589 e. The Kier molecular flexibility index (Phi) is 4.70. The van der Waals surface area contributed by atoms with Crippen LogP contribution in [0, 0.1) is 0 Å². The number of thioether (sulfide) groups is 1. The summed E-state index contributed by atoms with van der Waals surface area (Å²) in [6.45, 7) is 0. The highest BCUT2D eigenvalue weighted by Gasteiger charge is 2.14. The van der Waals surface area contributed by atoms with Gasteiger partial charge in [-0.25, -0.2) is 0 Å². The Hall–Kier alpha value is -0.960. The average Bonchev–Trinajstić information content (AvgIpc) is 2.42. The van der Waals surface area contributed by atoms with E-state index in [2.05, 4.69) is 41.9 Å². The zero-order valence-electron chi connectivity index (χ0n) is 10.5. The summed E-state index contributed by atoms with van der Waals surface area (Å²) in [6, 6.07) is 16.7. The highest BCUT2D eigenvalue weighted by Crippen LogP contribution is 2.28. The Morgan fingerprint density at radius 3 is 2.28 bits per heavy atom. The van der Waals surface area contributed by atoms with Crippen molar-refractivity contribution in [1.82, 2.24) is 5.32 Å². The van der Waals surface area contributed by atoms with Gasteiger partial charge in [0.15, 0.2) is 0 Å². The summed E-state index contributed by atoms with van der Waals surface area (Å²) < 4.78 is 0. The highest BCUT2D eigenvalue weighted by atomic mass is 35.5. The summed E-state index contributed by atoms with van der Waals surface area (Å²) in [5.74, 6) is 0. The van der Waals surface area contributed by atoms with Crippen molar-refractivity contribution < 1.29 is 0 Å². The number of nitrogens with one attached hydrogen (secondary N) is 1. The van der Waals surface area contributed by atoms with Gasteiger partial charge in [0.25, 0.3) is 0 Å². The van der Waals surface area contributed by atoms with Crippen molar-refractivity contribution in [2.75, 3.05) is 13.3 Å². The van der Waals surface area contributed by atoms with Crippen LogP contribution < -0.4 is 5.32 Å². The van der Waals surface area contributed by atoms with E-state index in [0.717, 1.165) is 10.6 Å². The van der Waals surface area contributed by atoms with E-state index in [1.54, 1.807) is 11.8 Å². The molecule has 0 aliphatic rings.